The van der Waals surface area contributed by atoms with Crippen LogP contribution in [0.15, 0.2) is 103 Å². The number of benzene rings is 3. The van der Waals surface area contributed by atoms with Gasteiger partial charge in [-0.05, 0) is 54.5 Å². The van der Waals surface area contributed by atoms with Gasteiger partial charge < -0.3 is 13.7 Å². The average molecular weight is 550 g/mol. The SMILES string of the molecule is C/C(=C\Cn1oc(=O)[nH]c1=O)c1cccc(OCc2nc(-c3ccc(C(F)(F)F)cc3)oc2-c2ccccc2)c1. The van der Waals surface area contributed by atoms with Crippen LogP contribution in [0.4, 0.5) is 13.2 Å². The maximum Gasteiger partial charge on any atom is 0.440 e. The number of rotatable bonds is 8. The van der Waals surface area contributed by atoms with E-state index in [1.807, 2.05) is 48.3 Å². The molecule has 0 aliphatic carbocycles. The number of oxazole rings is 1. The van der Waals surface area contributed by atoms with Gasteiger partial charge in [0.1, 0.15) is 18.1 Å². The molecule has 5 aromatic rings. The van der Waals surface area contributed by atoms with Gasteiger partial charge in [-0.2, -0.15) is 13.2 Å². The van der Waals surface area contributed by atoms with E-state index < -0.39 is 23.2 Å². The zero-order valence-corrected chi connectivity index (χ0v) is 21.1. The fraction of sp³-hybridized carbons (Fsp3) is 0.138. The fourth-order valence-electron chi connectivity index (χ4n) is 3.94. The summed E-state index contributed by atoms with van der Waals surface area (Å²) in [4.78, 5) is 29.4. The Morgan fingerprint density at radius 3 is 2.42 bits per heavy atom. The van der Waals surface area contributed by atoms with E-state index in [4.69, 9.17) is 13.7 Å². The molecule has 204 valence electrons. The van der Waals surface area contributed by atoms with E-state index in [1.54, 1.807) is 24.3 Å². The first-order chi connectivity index (χ1) is 19.2. The van der Waals surface area contributed by atoms with Crippen LogP contribution in [0.5, 0.6) is 5.75 Å². The molecule has 0 bridgehead atoms. The van der Waals surface area contributed by atoms with Crippen LogP contribution in [0.1, 0.15) is 23.7 Å². The summed E-state index contributed by atoms with van der Waals surface area (Å²) < 4.78 is 56.7. The van der Waals surface area contributed by atoms with Crippen LogP contribution in [-0.2, 0) is 19.3 Å². The number of ether oxygens (including phenoxy) is 1. The maximum atomic E-state index is 13.0. The number of hydrogen-bond acceptors (Lipinski definition) is 6. The zero-order valence-electron chi connectivity index (χ0n) is 21.1. The predicted octanol–water partition coefficient (Wildman–Crippen LogP) is 6.15. The molecule has 40 heavy (non-hydrogen) atoms. The second-order valence-corrected chi connectivity index (χ2v) is 8.81. The molecule has 0 aliphatic rings. The van der Waals surface area contributed by atoms with Gasteiger partial charge in [-0.3, -0.25) is 0 Å². The summed E-state index contributed by atoms with van der Waals surface area (Å²) in [5.74, 6) is 0.330. The number of alkyl halides is 3. The number of aromatic nitrogens is 3. The summed E-state index contributed by atoms with van der Waals surface area (Å²) in [6.07, 6.45) is -2.71. The third-order valence-corrected chi connectivity index (χ3v) is 6.05. The van der Waals surface area contributed by atoms with Crippen LogP contribution in [0.2, 0.25) is 0 Å². The van der Waals surface area contributed by atoms with E-state index in [1.165, 1.54) is 12.1 Å². The second kappa shape index (κ2) is 11.0. The number of aromatic amines is 1. The van der Waals surface area contributed by atoms with Crippen LogP contribution >= 0.6 is 0 Å². The molecule has 0 spiro atoms. The van der Waals surface area contributed by atoms with Crippen LogP contribution in [0.25, 0.3) is 28.4 Å². The summed E-state index contributed by atoms with van der Waals surface area (Å²) in [7, 11) is 0. The topological polar surface area (TPSA) is 103 Å². The summed E-state index contributed by atoms with van der Waals surface area (Å²) in [6.45, 7) is 1.95. The monoisotopic (exact) mass is 549 g/mol. The fourth-order valence-corrected chi connectivity index (χ4v) is 3.94. The predicted molar refractivity (Wildman–Crippen MR) is 140 cm³/mol. The zero-order chi connectivity index (χ0) is 28.3. The van der Waals surface area contributed by atoms with Crippen molar-refractivity contribution in [3.63, 3.8) is 0 Å². The van der Waals surface area contributed by atoms with Gasteiger partial charge in [0.2, 0.25) is 5.89 Å². The van der Waals surface area contributed by atoms with Crippen molar-refractivity contribution in [3.05, 3.63) is 123 Å². The molecule has 1 N–H and O–H groups in total. The van der Waals surface area contributed by atoms with E-state index >= 15 is 0 Å². The lowest BCUT2D eigenvalue weighted by atomic mass is 10.1. The molecular formula is C29H22F3N3O5. The number of H-pyrrole nitrogens is 1. The van der Waals surface area contributed by atoms with Crippen LogP contribution in [0, 0.1) is 0 Å². The molecule has 0 amide bonds. The van der Waals surface area contributed by atoms with Gasteiger partial charge in [0.25, 0.3) is 0 Å². The third-order valence-electron chi connectivity index (χ3n) is 6.05. The molecule has 5 rings (SSSR count). The molecule has 0 fully saturated rings. The van der Waals surface area contributed by atoms with Gasteiger partial charge in [-0.1, -0.05) is 48.5 Å². The number of nitrogens with zero attached hydrogens (tertiary/aromatic N) is 2. The second-order valence-electron chi connectivity index (χ2n) is 8.81. The van der Waals surface area contributed by atoms with Crippen molar-refractivity contribution in [2.75, 3.05) is 0 Å². The highest BCUT2D eigenvalue weighted by Gasteiger charge is 2.30. The first-order valence-corrected chi connectivity index (χ1v) is 12.1. The van der Waals surface area contributed by atoms with Gasteiger partial charge in [-0.15, -0.1) is 4.74 Å². The Bertz CT molecular complexity index is 1760. The minimum absolute atomic E-state index is 0.0322. The lowest BCUT2D eigenvalue weighted by molar-refractivity contribution is -0.137. The van der Waals surface area contributed by atoms with Crippen LogP contribution in [0.3, 0.4) is 0 Å². The molecule has 0 saturated carbocycles. The van der Waals surface area contributed by atoms with E-state index in [9.17, 15) is 22.8 Å². The van der Waals surface area contributed by atoms with Crippen molar-refractivity contribution in [1.29, 1.82) is 0 Å². The van der Waals surface area contributed by atoms with Crippen molar-refractivity contribution in [3.8, 4) is 28.5 Å². The quantitative estimate of drug-likeness (QED) is 0.249. The van der Waals surface area contributed by atoms with E-state index in [0.717, 1.165) is 33.6 Å². The highest BCUT2D eigenvalue weighted by atomic mass is 19.4. The van der Waals surface area contributed by atoms with Crippen LogP contribution < -0.4 is 16.2 Å². The highest BCUT2D eigenvalue weighted by Crippen LogP contribution is 2.34. The average Bonchev–Trinajstić information content (AvgIpc) is 3.52. The molecule has 0 unspecified atom stereocenters. The van der Waals surface area contributed by atoms with Gasteiger partial charge in [0.05, 0.1) is 12.1 Å². The summed E-state index contributed by atoms with van der Waals surface area (Å²) >= 11 is 0. The largest absolute Gasteiger partial charge is 0.487 e. The molecule has 0 radical (unpaired) electrons. The van der Waals surface area contributed by atoms with Gasteiger partial charge >= 0.3 is 17.6 Å². The lowest BCUT2D eigenvalue weighted by Crippen LogP contribution is -2.15. The Morgan fingerprint density at radius 2 is 1.75 bits per heavy atom. The number of allylic oxidation sites excluding steroid dienone is 2. The van der Waals surface area contributed by atoms with Gasteiger partial charge in [0, 0.05) is 11.1 Å². The van der Waals surface area contributed by atoms with Crippen molar-refractivity contribution in [2.45, 2.75) is 26.3 Å². The van der Waals surface area contributed by atoms with Crippen molar-refractivity contribution in [1.82, 2.24) is 14.7 Å². The number of halogens is 3. The van der Waals surface area contributed by atoms with Crippen molar-refractivity contribution >= 4 is 5.57 Å². The van der Waals surface area contributed by atoms with Gasteiger partial charge in [0.15, 0.2) is 5.76 Å². The number of nitrogens with one attached hydrogen (secondary N) is 1. The van der Waals surface area contributed by atoms with E-state index in [0.29, 0.717) is 22.8 Å². The lowest BCUT2D eigenvalue weighted by Gasteiger charge is -2.08. The molecule has 0 saturated heterocycles. The standard InChI is InChI=1S/C29H22F3N3O5/c1-18(14-15-35-27(36)34-28(37)40-35)21-8-5-9-23(16-21)38-17-24-25(19-6-3-2-4-7-19)39-26(33-24)20-10-12-22(13-11-20)29(30,31)32/h2-14,16H,15,17H2,1H3,(H,34,36,37)/b18-14+. The molecule has 0 aliphatic heterocycles. The first kappa shape index (κ1) is 26.5. The molecule has 0 atom stereocenters. The summed E-state index contributed by atoms with van der Waals surface area (Å²) in [6, 6.07) is 21.1. The number of hydrogen-bond donors (Lipinski definition) is 1. The van der Waals surface area contributed by atoms with Crippen molar-refractivity contribution < 1.29 is 26.8 Å². The molecular weight excluding hydrogens is 527 g/mol. The summed E-state index contributed by atoms with van der Waals surface area (Å²) in [5, 5.41) is 0. The first-order valence-electron chi connectivity index (χ1n) is 12.1. The Kier molecular flexibility index (Phi) is 7.28. The Hall–Kier alpha value is -5.06. The molecule has 2 aromatic heterocycles. The molecule has 3 aromatic carbocycles. The normalized spacial score (nSPS) is 12.1. The smallest absolute Gasteiger partial charge is 0.440 e. The van der Waals surface area contributed by atoms with Gasteiger partial charge in [-0.25, -0.2) is 19.6 Å². The molecule has 11 heteroatoms. The van der Waals surface area contributed by atoms with Crippen LogP contribution in [-0.4, -0.2) is 14.7 Å². The molecule has 8 nitrogen and oxygen atoms in total. The summed E-state index contributed by atoms with van der Waals surface area (Å²) in [5.41, 5.74) is 1.85. The third kappa shape index (κ3) is 5.98. The van der Waals surface area contributed by atoms with Crippen molar-refractivity contribution in [2.24, 2.45) is 0 Å². The Balaban J connectivity index is 1.38. The van der Waals surface area contributed by atoms with E-state index in [-0.39, 0.29) is 19.0 Å². The van der Waals surface area contributed by atoms with E-state index in [2.05, 4.69) is 4.98 Å². The Morgan fingerprint density at radius 1 is 1.00 bits per heavy atom. The maximum absolute atomic E-state index is 13.0. The molecule has 2 heterocycles. The minimum Gasteiger partial charge on any atom is -0.487 e. The Labute approximate surface area is 225 Å². The minimum atomic E-state index is -4.44. The highest BCUT2D eigenvalue weighted by molar-refractivity contribution is 5.65.